The van der Waals surface area contributed by atoms with Crippen molar-refractivity contribution in [2.24, 2.45) is 0 Å². The van der Waals surface area contributed by atoms with Crippen LogP contribution in [0.5, 0.6) is 5.75 Å². The molecule has 2 N–H and O–H groups in total. The third-order valence-corrected chi connectivity index (χ3v) is 5.16. The lowest BCUT2D eigenvalue weighted by Gasteiger charge is -2.19. The fourth-order valence-electron chi connectivity index (χ4n) is 3.21. The summed E-state index contributed by atoms with van der Waals surface area (Å²) in [6.45, 7) is 2.03. The molecule has 2 aromatic carbocycles. The Kier molecular flexibility index (Phi) is 4.72. The summed E-state index contributed by atoms with van der Waals surface area (Å²) in [6, 6.07) is 12.2. The second kappa shape index (κ2) is 7.18. The molecule has 5 nitrogen and oxygen atoms in total. The molecule has 1 atom stereocenters. The van der Waals surface area contributed by atoms with E-state index in [0.717, 1.165) is 33.9 Å². The summed E-state index contributed by atoms with van der Waals surface area (Å²) in [7, 11) is 0. The standard InChI is InChI=1S/C20H16Cl2N4O/c1-11-9-12(18-15(21)3-2-4-16(18)22)10-17-19(11)24-20(26-25-17)23-13-5-7-14(27)8-6-13/h2-8,10,12,27H,9H2,1H3,(H,23,24). The van der Waals surface area contributed by atoms with E-state index in [0.29, 0.717) is 16.0 Å². The minimum atomic E-state index is 0.0331. The maximum Gasteiger partial charge on any atom is 0.247 e. The normalized spacial score (nSPS) is 15.8. The van der Waals surface area contributed by atoms with Gasteiger partial charge in [0, 0.05) is 21.7 Å². The first-order valence-electron chi connectivity index (χ1n) is 8.43. The Morgan fingerprint density at radius 2 is 1.74 bits per heavy atom. The summed E-state index contributed by atoms with van der Waals surface area (Å²) in [6.07, 6.45) is 2.77. The van der Waals surface area contributed by atoms with Gasteiger partial charge in [0.15, 0.2) is 0 Å². The van der Waals surface area contributed by atoms with E-state index >= 15 is 0 Å². The van der Waals surface area contributed by atoms with Gasteiger partial charge < -0.3 is 10.4 Å². The van der Waals surface area contributed by atoms with Gasteiger partial charge in [-0.2, -0.15) is 0 Å². The maximum absolute atomic E-state index is 9.38. The van der Waals surface area contributed by atoms with Crippen LogP contribution in [-0.2, 0) is 0 Å². The summed E-state index contributed by atoms with van der Waals surface area (Å²) in [5, 5.41) is 23.8. The van der Waals surface area contributed by atoms with E-state index in [4.69, 9.17) is 23.2 Å². The van der Waals surface area contributed by atoms with Crippen LogP contribution < -0.4 is 16.0 Å². The predicted octanol–water partition coefficient (Wildman–Crippen LogP) is 3.77. The highest BCUT2D eigenvalue weighted by Gasteiger charge is 2.20. The summed E-state index contributed by atoms with van der Waals surface area (Å²) in [4.78, 5) is 4.60. The van der Waals surface area contributed by atoms with Gasteiger partial charge in [0.05, 0.1) is 5.35 Å². The van der Waals surface area contributed by atoms with Crippen LogP contribution in [0.4, 0.5) is 11.6 Å². The lowest BCUT2D eigenvalue weighted by atomic mass is 9.89. The molecular weight excluding hydrogens is 383 g/mol. The van der Waals surface area contributed by atoms with E-state index < -0.39 is 0 Å². The molecule has 0 radical (unpaired) electrons. The van der Waals surface area contributed by atoms with E-state index in [1.165, 1.54) is 0 Å². The van der Waals surface area contributed by atoms with Crippen LogP contribution in [-0.4, -0.2) is 20.3 Å². The summed E-state index contributed by atoms with van der Waals surface area (Å²) in [5.41, 5.74) is 2.77. The number of hydrogen-bond acceptors (Lipinski definition) is 5. The minimum absolute atomic E-state index is 0.0331. The minimum Gasteiger partial charge on any atom is -0.508 e. The average Bonchev–Trinajstić information content (AvgIpc) is 2.64. The Hall–Kier alpha value is -2.63. The van der Waals surface area contributed by atoms with Gasteiger partial charge in [-0.15, -0.1) is 10.2 Å². The first-order chi connectivity index (χ1) is 13.0. The number of anilines is 2. The van der Waals surface area contributed by atoms with Gasteiger partial charge in [-0.25, -0.2) is 4.98 Å². The molecule has 7 heteroatoms. The van der Waals surface area contributed by atoms with Crippen molar-refractivity contribution in [1.29, 1.82) is 0 Å². The number of hydrogen-bond donors (Lipinski definition) is 2. The van der Waals surface area contributed by atoms with E-state index in [2.05, 4.69) is 20.5 Å². The molecular formula is C20H16Cl2N4O. The van der Waals surface area contributed by atoms with Gasteiger partial charge in [0.25, 0.3) is 0 Å². The third kappa shape index (κ3) is 3.61. The number of aromatic nitrogens is 3. The molecule has 1 heterocycles. The Bertz CT molecular complexity index is 1110. The first kappa shape index (κ1) is 17.8. The van der Waals surface area contributed by atoms with Gasteiger partial charge in [-0.05, 0) is 67.0 Å². The van der Waals surface area contributed by atoms with Crippen LogP contribution >= 0.6 is 23.2 Å². The Morgan fingerprint density at radius 3 is 2.44 bits per heavy atom. The molecule has 3 aromatic rings. The first-order valence-corrected chi connectivity index (χ1v) is 9.19. The molecule has 27 heavy (non-hydrogen) atoms. The molecule has 0 saturated carbocycles. The predicted molar refractivity (Wildman–Crippen MR) is 108 cm³/mol. The van der Waals surface area contributed by atoms with Crippen molar-refractivity contribution >= 4 is 46.5 Å². The van der Waals surface area contributed by atoms with Gasteiger partial charge in [0.1, 0.15) is 11.1 Å². The molecule has 1 aliphatic rings. The summed E-state index contributed by atoms with van der Waals surface area (Å²) < 4.78 is 0. The monoisotopic (exact) mass is 398 g/mol. The number of rotatable bonds is 3. The van der Waals surface area contributed by atoms with Crippen LogP contribution in [0.2, 0.25) is 10.0 Å². The van der Waals surface area contributed by atoms with E-state index in [-0.39, 0.29) is 11.7 Å². The Balaban J connectivity index is 1.71. The summed E-state index contributed by atoms with van der Waals surface area (Å²) >= 11 is 12.7. The lowest BCUT2D eigenvalue weighted by molar-refractivity contribution is 0.475. The quantitative estimate of drug-likeness (QED) is 0.657. The molecule has 1 aliphatic carbocycles. The molecule has 1 unspecified atom stereocenters. The number of phenols is 1. The van der Waals surface area contributed by atoms with Crippen LogP contribution in [0.3, 0.4) is 0 Å². The zero-order chi connectivity index (χ0) is 19.0. The zero-order valence-electron chi connectivity index (χ0n) is 14.4. The van der Waals surface area contributed by atoms with Crippen LogP contribution in [0, 0.1) is 0 Å². The molecule has 0 fully saturated rings. The zero-order valence-corrected chi connectivity index (χ0v) is 16.0. The van der Waals surface area contributed by atoms with Crippen molar-refractivity contribution in [2.45, 2.75) is 19.3 Å². The van der Waals surface area contributed by atoms with E-state index in [1.54, 1.807) is 24.3 Å². The highest BCUT2D eigenvalue weighted by atomic mass is 35.5. The molecule has 0 spiro atoms. The van der Waals surface area contributed by atoms with E-state index in [1.807, 2.05) is 31.2 Å². The highest BCUT2D eigenvalue weighted by molar-refractivity contribution is 6.36. The molecule has 0 saturated heterocycles. The Labute approximate surface area is 166 Å². The smallest absolute Gasteiger partial charge is 0.247 e. The van der Waals surface area contributed by atoms with Crippen LogP contribution in [0.15, 0.2) is 42.5 Å². The van der Waals surface area contributed by atoms with Crippen LogP contribution in [0.1, 0.15) is 24.8 Å². The second-order valence-electron chi connectivity index (χ2n) is 6.43. The average molecular weight is 399 g/mol. The van der Waals surface area contributed by atoms with E-state index in [9.17, 15) is 5.11 Å². The fraction of sp³-hybridized carbons (Fsp3) is 0.150. The number of nitrogens with one attached hydrogen (secondary N) is 1. The molecule has 0 amide bonds. The van der Waals surface area contributed by atoms with Crippen molar-refractivity contribution in [3.63, 3.8) is 0 Å². The molecule has 0 bridgehead atoms. The van der Waals surface area contributed by atoms with Crippen molar-refractivity contribution in [2.75, 3.05) is 5.32 Å². The largest absolute Gasteiger partial charge is 0.508 e. The highest BCUT2D eigenvalue weighted by Crippen LogP contribution is 2.36. The number of nitrogens with zero attached hydrogens (tertiary/aromatic N) is 3. The van der Waals surface area contributed by atoms with Crippen molar-refractivity contribution in [1.82, 2.24) is 15.2 Å². The van der Waals surface area contributed by atoms with Crippen molar-refractivity contribution in [3.8, 4) is 5.75 Å². The SMILES string of the molecule is CC1=c2nc(Nc3ccc(O)cc3)nnc2=CC(c2c(Cl)cccc2Cl)C1. The maximum atomic E-state index is 9.38. The van der Waals surface area contributed by atoms with Crippen LogP contribution in [0.25, 0.3) is 11.6 Å². The molecule has 0 aliphatic heterocycles. The summed E-state index contributed by atoms with van der Waals surface area (Å²) in [5.74, 6) is 0.639. The van der Waals surface area contributed by atoms with Gasteiger partial charge in [-0.1, -0.05) is 29.3 Å². The topological polar surface area (TPSA) is 70.9 Å². The van der Waals surface area contributed by atoms with Crippen molar-refractivity contribution < 1.29 is 5.11 Å². The fourth-order valence-corrected chi connectivity index (χ4v) is 3.89. The molecule has 1 aromatic heterocycles. The second-order valence-corrected chi connectivity index (χ2v) is 7.25. The van der Waals surface area contributed by atoms with Gasteiger partial charge >= 0.3 is 0 Å². The molecule has 4 rings (SSSR count). The third-order valence-electron chi connectivity index (χ3n) is 4.50. The Morgan fingerprint density at radius 1 is 1.04 bits per heavy atom. The van der Waals surface area contributed by atoms with Gasteiger partial charge in [-0.3, -0.25) is 0 Å². The van der Waals surface area contributed by atoms with Crippen molar-refractivity contribution in [3.05, 3.63) is 68.8 Å². The number of benzene rings is 2. The molecule has 136 valence electrons. The number of phenolic OH excluding ortho intramolecular Hbond substituents is 1. The van der Waals surface area contributed by atoms with Gasteiger partial charge in [0.2, 0.25) is 5.95 Å². The number of halogens is 2. The lowest BCUT2D eigenvalue weighted by Crippen LogP contribution is -2.38. The number of fused-ring (bicyclic) bond motifs is 1. The number of aromatic hydroxyl groups is 1.